The second-order valence-corrected chi connectivity index (χ2v) is 6.37. The van der Waals surface area contributed by atoms with Gasteiger partial charge in [0.15, 0.2) is 5.69 Å². The molecule has 1 N–H and O–H groups in total. The van der Waals surface area contributed by atoms with Crippen molar-refractivity contribution in [2.24, 2.45) is 7.05 Å². The number of ether oxygens (including phenoxy) is 1. The summed E-state index contributed by atoms with van der Waals surface area (Å²) in [4.78, 5) is 23.4. The van der Waals surface area contributed by atoms with E-state index in [2.05, 4.69) is 9.84 Å². The molecule has 0 aliphatic carbocycles. The molecule has 1 aromatic carbocycles. The van der Waals surface area contributed by atoms with E-state index >= 15 is 0 Å². The van der Waals surface area contributed by atoms with Gasteiger partial charge >= 0.3 is 5.97 Å². The highest BCUT2D eigenvalue weighted by molar-refractivity contribution is 7.90. The summed E-state index contributed by atoms with van der Waals surface area (Å²) in [5.74, 6) is -1.69. The highest BCUT2D eigenvalue weighted by Crippen LogP contribution is 2.16. The van der Waals surface area contributed by atoms with Gasteiger partial charge in [0.1, 0.15) is 4.90 Å². The topological polar surface area (TPSA) is 107 Å². The Kier molecular flexibility index (Phi) is 4.50. The van der Waals surface area contributed by atoms with E-state index in [0.717, 1.165) is 7.11 Å². The van der Waals surface area contributed by atoms with Crippen LogP contribution in [0.2, 0.25) is 0 Å². The van der Waals surface area contributed by atoms with E-state index < -0.39 is 21.9 Å². The molecule has 0 unspecified atom stereocenters. The Morgan fingerprint density at radius 3 is 2.48 bits per heavy atom. The number of benzene rings is 1. The van der Waals surface area contributed by atoms with E-state index in [0.29, 0.717) is 5.69 Å². The maximum Gasteiger partial charge on any atom is 0.339 e. The third-order valence-corrected chi connectivity index (χ3v) is 4.54. The molecule has 2 aromatic rings. The molecule has 0 radical (unpaired) electrons. The Morgan fingerprint density at radius 2 is 1.91 bits per heavy atom. The lowest BCUT2D eigenvalue weighted by Gasteiger charge is -2.09. The van der Waals surface area contributed by atoms with Crippen LogP contribution >= 0.6 is 0 Å². The molecule has 0 saturated carbocycles. The summed E-state index contributed by atoms with van der Waals surface area (Å²) in [6.45, 7) is 1.73. The molecule has 8 nitrogen and oxygen atoms in total. The summed E-state index contributed by atoms with van der Waals surface area (Å²) in [5, 5.41) is 3.91. The third-order valence-electron chi connectivity index (χ3n) is 3.16. The number of nitrogens with one attached hydrogen (secondary N) is 1. The van der Waals surface area contributed by atoms with Crippen molar-refractivity contribution in [2.45, 2.75) is 11.8 Å². The molecule has 9 heteroatoms. The van der Waals surface area contributed by atoms with Crippen LogP contribution in [-0.4, -0.2) is 37.2 Å². The molecule has 0 saturated heterocycles. The molecule has 1 heterocycles. The van der Waals surface area contributed by atoms with Crippen molar-refractivity contribution in [1.82, 2.24) is 14.5 Å². The quantitative estimate of drug-likeness (QED) is 0.820. The number of esters is 1. The number of carbonyl (C=O) groups excluding carboxylic acids is 2. The van der Waals surface area contributed by atoms with Crippen molar-refractivity contribution < 1.29 is 22.7 Å². The van der Waals surface area contributed by atoms with E-state index in [1.165, 1.54) is 35.0 Å². The Morgan fingerprint density at radius 1 is 1.26 bits per heavy atom. The first-order valence-corrected chi connectivity index (χ1v) is 7.99. The van der Waals surface area contributed by atoms with Gasteiger partial charge in [-0.05, 0) is 25.1 Å². The highest BCUT2D eigenvalue weighted by Gasteiger charge is 2.26. The number of aryl methyl sites for hydroxylation is 2. The lowest BCUT2D eigenvalue weighted by molar-refractivity contribution is 0.0596. The maximum absolute atomic E-state index is 12.4. The number of sulfonamides is 1. The van der Waals surface area contributed by atoms with Crippen molar-refractivity contribution in [3.8, 4) is 0 Å². The Balaban J connectivity index is 2.36. The summed E-state index contributed by atoms with van der Waals surface area (Å²) in [6.07, 6.45) is 0. The zero-order chi connectivity index (χ0) is 17.2. The number of methoxy groups -OCH3 is 1. The number of aromatic nitrogens is 2. The minimum absolute atomic E-state index is 0.0378. The lowest BCUT2D eigenvalue weighted by Crippen LogP contribution is -2.32. The number of nitrogens with zero attached hydrogens (tertiary/aromatic N) is 2. The van der Waals surface area contributed by atoms with Crippen molar-refractivity contribution in [3.63, 3.8) is 0 Å². The second kappa shape index (κ2) is 6.21. The SMILES string of the molecule is COC(=O)c1ccccc1S(=O)(=O)NC(=O)c1cc(C)n(C)n1. The first kappa shape index (κ1) is 16.7. The van der Waals surface area contributed by atoms with Gasteiger partial charge in [-0.1, -0.05) is 12.1 Å². The van der Waals surface area contributed by atoms with Crippen molar-refractivity contribution in [1.29, 1.82) is 0 Å². The van der Waals surface area contributed by atoms with Gasteiger partial charge in [-0.25, -0.2) is 17.9 Å². The summed E-state index contributed by atoms with van der Waals surface area (Å²) < 4.78 is 32.6. The number of carbonyl (C=O) groups is 2. The molecule has 0 atom stereocenters. The minimum Gasteiger partial charge on any atom is -0.465 e. The molecule has 0 fully saturated rings. The molecule has 0 spiro atoms. The standard InChI is InChI=1S/C14H15N3O5S/c1-9-8-11(15-17(9)2)13(18)16-23(20,21)12-7-5-4-6-10(12)14(19)22-3/h4-8H,1-3H3,(H,16,18). The van der Waals surface area contributed by atoms with Crippen LogP contribution in [0.25, 0.3) is 0 Å². The van der Waals surface area contributed by atoms with E-state index in [-0.39, 0.29) is 16.2 Å². The van der Waals surface area contributed by atoms with Crippen molar-refractivity contribution in [3.05, 3.63) is 47.3 Å². The fourth-order valence-corrected chi connectivity index (χ4v) is 3.04. The Labute approximate surface area is 133 Å². The summed E-state index contributed by atoms with van der Waals surface area (Å²) in [5.41, 5.74) is 0.499. The zero-order valence-electron chi connectivity index (χ0n) is 12.7. The van der Waals surface area contributed by atoms with Gasteiger partial charge in [-0.15, -0.1) is 0 Å². The first-order chi connectivity index (χ1) is 10.8. The van der Waals surface area contributed by atoms with Crippen LogP contribution in [0.5, 0.6) is 0 Å². The van der Waals surface area contributed by atoms with E-state index in [1.807, 2.05) is 4.72 Å². The number of amides is 1. The summed E-state index contributed by atoms with van der Waals surface area (Å²) in [6, 6.07) is 6.91. The van der Waals surface area contributed by atoms with E-state index in [9.17, 15) is 18.0 Å². The van der Waals surface area contributed by atoms with Crippen molar-refractivity contribution >= 4 is 21.9 Å². The van der Waals surface area contributed by atoms with Gasteiger partial charge in [0.25, 0.3) is 15.9 Å². The normalized spacial score (nSPS) is 11.1. The van der Waals surface area contributed by atoms with Crippen LogP contribution in [0, 0.1) is 6.92 Å². The van der Waals surface area contributed by atoms with E-state index in [4.69, 9.17) is 0 Å². The smallest absolute Gasteiger partial charge is 0.339 e. The van der Waals surface area contributed by atoms with Crippen LogP contribution in [0.4, 0.5) is 0 Å². The van der Waals surface area contributed by atoms with Crippen LogP contribution in [0.15, 0.2) is 35.2 Å². The molecule has 1 amide bonds. The van der Waals surface area contributed by atoms with Gasteiger partial charge in [0.2, 0.25) is 0 Å². The third kappa shape index (κ3) is 3.39. The van der Waals surface area contributed by atoms with Gasteiger partial charge in [0, 0.05) is 12.7 Å². The fraction of sp³-hybridized carbons (Fsp3) is 0.214. The van der Waals surface area contributed by atoms with Crippen molar-refractivity contribution in [2.75, 3.05) is 7.11 Å². The zero-order valence-corrected chi connectivity index (χ0v) is 13.5. The maximum atomic E-state index is 12.4. The fourth-order valence-electron chi connectivity index (χ4n) is 1.88. The molecule has 0 bridgehead atoms. The molecule has 2 rings (SSSR count). The van der Waals surface area contributed by atoms with Gasteiger partial charge < -0.3 is 4.74 Å². The number of hydrogen-bond acceptors (Lipinski definition) is 6. The number of rotatable bonds is 4. The predicted molar refractivity (Wildman–Crippen MR) is 80.4 cm³/mol. The molecule has 23 heavy (non-hydrogen) atoms. The molecular formula is C14H15N3O5S. The molecular weight excluding hydrogens is 322 g/mol. The molecule has 0 aliphatic heterocycles. The average Bonchev–Trinajstić information content (AvgIpc) is 2.86. The summed E-state index contributed by atoms with van der Waals surface area (Å²) >= 11 is 0. The van der Waals surface area contributed by atoms with E-state index in [1.54, 1.807) is 14.0 Å². The first-order valence-electron chi connectivity index (χ1n) is 6.51. The van der Waals surface area contributed by atoms with Gasteiger partial charge in [0.05, 0.1) is 12.7 Å². The second-order valence-electron chi connectivity index (χ2n) is 4.72. The molecule has 122 valence electrons. The van der Waals surface area contributed by atoms with Crippen LogP contribution in [-0.2, 0) is 21.8 Å². The largest absolute Gasteiger partial charge is 0.465 e. The molecule has 1 aromatic heterocycles. The van der Waals surface area contributed by atoms with Crippen LogP contribution in [0.3, 0.4) is 0 Å². The Bertz CT molecular complexity index is 851. The minimum atomic E-state index is -4.25. The average molecular weight is 337 g/mol. The van der Waals surface area contributed by atoms with Crippen LogP contribution < -0.4 is 4.72 Å². The summed E-state index contributed by atoms with van der Waals surface area (Å²) in [7, 11) is -1.47. The predicted octanol–water partition coefficient (Wildman–Crippen LogP) is 0.634. The van der Waals surface area contributed by atoms with Gasteiger partial charge in [-0.2, -0.15) is 5.10 Å². The van der Waals surface area contributed by atoms with Crippen LogP contribution in [0.1, 0.15) is 26.5 Å². The Hall–Kier alpha value is -2.68. The monoisotopic (exact) mass is 337 g/mol. The number of hydrogen-bond donors (Lipinski definition) is 1. The highest BCUT2D eigenvalue weighted by atomic mass is 32.2. The lowest BCUT2D eigenvalue weighted by atomic mass is 10.2. The van der Waals surface area contributed by atoms with Gasteiger partial charge in [-0.3, -0.25) is 9.48 Å². The molecule has 0 aliphatic rings.